The van der Waals surface area contributed by atoms with Gasteiger partial charge in [0, 0.05) is 24.3 Å². The van der Waals surface area contributed by atoms with Crippen LogP contribution in [0.2, 0.25) is 0 Å². The summed E-state index contributed by atoms with van der Waals surface area (Å²) in [5.41, 5.74) is 1.02. The first-order valence-corrected chi connectivity index (χ1v) is 9.74. The number of benzene rings is 2. The van der Waals surface area contributed by atoms with Crippen molar-refractivity contribution >= 4 is 35.0 Å². The number of rotatable bonds is 7. The molecule has 0 atom stereocenters. The van der Waals surface area contributed by atoms with Crippen LogP contribution in [0.25, 0.3) is 0 Å². The minimum atomic E-state index is -0.247. The lowest BCUT2D eigenvalue weighted by atomic mass is 10.1. The van der Waals surface area contributed by atoms with Gasteiger partial charge in [-0.25, -0.2) is 9.40 Å². The van der Waals surface area contributed by atoms with Crippen molar-refractivity contribution in [3.8, 4) is 0 Å². The molecule has 27 heavy (non-hydrogen) atoms. The molecule has 1 aliphatic rings. The van der Waals surface area contributed by atoms with Gasteiger partial charge in [-0.15, -0.1) is 11.8 Å². The fraction of sp³-hybridized carbons (Fsp3) is 0.250. The van der Waals surface area contributed by atoms with E-state index in [1.165, 1.54) is 17.1 Å². The van der Waals surface area contributed by atoms with Crippen molar-refractivity contribution < 1.29 is 14.0 Å². The lowest BCUT2D eigenvalue weighted by Crippen LogP contribution is -2.39. The quantitative estimate of drug-likeness (QED) is 0.585. The molecule has 1 heterocycles. The fourth-order valence-corrected chi connectivity index (χ4v) is 3.44. The van der Waals surface area contributed by atoms with Crippen LogP contribution < -0.4 is 10.3 Å². The third-order valence-electron chi connectivity index (χ3n) is 3.98. The van der Waals surface area contributed by atoms with Gasteiger partial charge in [0.1, 0.15) is 11.5 Å². The average Bonchev–Trinajstić information content (AvgIpc) is 2.70. The van der Waals surface area contributed by atoms with E-state index in [1.807, 2.05) is 18.2 Å². The largest absolute Gasteiger partial charge is 0.351 e. The van der Waals surface area contributed by atoms with Crippen LogP contribution in [0.4, 0.5) is 10.1 Å². The van der Waals surface area contributed by atoms with Gasteiger partial charge in [0.05, 0.1) is 5.69 Å². The maximum absolute atomic E-state index is 12.9. The molecule has 0 fully saturated rings. The number of para-hydroxylation sites is 1. The first-order chi connectivity index (χ1) is 13.1. The lowest BCUT2D eigenvalue weighted by Gasteiger charge is -2.23. The van der Waals surface area contributed by atoms with Crippen molar-refractivity contribution in [2.24, 2.45) is 5.10 Å². The Bertz CT molecular complexity index is 825. The molecule has 7 heteroatoms. The molecular formula is C20H20FN3O2S. The SMILES string of the molecule is O=C(NCCCSc1ccc(F)cc1)C1=NN(c2ccccc2)C(=O)CC1. The minimum Gasteiger partial charge on any atom is -0.351 e. The second-order valence-electron chi connectivity index (χ2n) is 6.00. The van der Waals surface area contributed by atoms with E-state index in [0.29, 0.717) is 24.4 Å². The third-order valence-corrected chi connectivity index (χ3v) is 5.08. The highest BCUT2D eigenvalue weighted by Gasteiger charge is 2.25. The summed E-state index contributed by atoms with van der Waals surface area (Å²) in [6.45, 7) is 0.519. The number of thioether (sulfide) groups is 1. The summed E-state index contributed by atoms with van der Waals surface area (Å²) >= 11 is 1.61. The maximum atomic E-state index is 12.9. The van der Waals surface area contributed by atoms with Gasteiger partial charge in [0.15, 0.2) is 0 Å². The monoisotopic (exact) mass is 385 g/mol. The number of hydrogen-bond donors (Lipinski definition) is 1. The Morgan fingerprint density at radius 3 is 2.59 bits per heavy atom. The molecule has 1 aliphatic heterocycles. The standard InChI is InChI=1S/C20H20FN3O2S/c21-15-7-9-17(10-8-15)27-14-4-13-22-20(26)18-11-12-19(25)24(23-18)16-5-2-1-3-6-16/h1-3,5-10H,4,11-14H2,(H,22,26). The molecule has 0 bridgehead atoms. The van der Waals surface area contributed by atoms with Gasteiger partial charge in [-0.1, -0.05) is 18.2 Å². The van der Waals surface area contributed by atoms with Gasteiger partial charge in [-0.05, 0) is 48.6 Å². The zero-order chi connectivity index (χ0) is 19.1. The second-order valence-corrected chi connectivity index (χ2v) is 7.17. The number of hydrazone groups is 1. The summed E-state index contributed by atoms with van der Waals surface area (Å²) in [4.78, 5) is 25.4. The number of anilines is 1. The van der Waals surface area contributed by atoms with E-state index in [1.54, 1.807) is 36.0 Å². The second kappa shape index (κ2) is 9.32. The van der Waals surface area contributed by atoms with Crippen LogP contribution in [-0.2, 0) is 9.59 Å². The summed E-state index contributed by atoms with van der Waals surface area (Å²) in [7, 11) is 0. The van der Waals surface area contributed by atoms with E-state index in [2.05, 4.69) is 10.4 Å². The van der Waals surface area contributed by atoms with Gasteiger partial charge in [0.2, 0.25) is 5.91 Å². The third kappa shape index (κ3) is 5.40. The first-order valence-electron chi connectivity index (χ1n) is 8.75. The van der Waals surface area contributed by atoms with E-state index >= 15 is 0 Å². The van der Waals surface area contributed by atoms with E-state index in [4.69, 9.17) is 0 Å². The number of nitrogens with zero attached hydrogens (tertiary/aromatic N) is 2. The topological polar surface area (TPSA) is 61.8 Å². The Balaban J connectivity index is 1.47. The Hall–Kier alpha value is -2.67. The molecule has 3 rings (SSSR count). The summed E-state index contributed by atoms with van der Waals surface area (Å²) in [5, 5.41) is 8.38. The van der Waals surface area contributed by atoms with Crippen molar-refractivity contribution in [2.75, 3.05) is 17.3 Å². The van der Waals surface area contributed by atoms with Gasteiger partial charge >= 0.3 is 0 Å². The van der Waals surface area contributed by atoms with Crippen molar-refractivity contribution in [1.29, 1.82) is 0 Å². The molecule has 0 aromatic heterocycles. The highest BCUT2D eigenvalue weighted by molar-refractivity contribution is 7.99. The predicted octanol–water partition coefficient (Wildman–Crippen LogP) is 3.61. The van der Waals surface area contributed by atoms with Crippen molar-refractivity contribution in [3.05, 3.63) is 60.4 Å². The molecule has 0 unspecified atom stereocenters. The van der Waals surface area contributed by atoms with Crippen LogP contribution in [0.5, 0.6) is 0 Å². The number of nitrogens with one attached hydrogen (secondary N) is 1. The number of carbonyl (C=O) groups is 2. The normalized spacial score (nSPS) is 14.0. The van der Waals surface area contributed by atoms with E-state index in [-0.39, 0.29) is 24.1 Å². The lowest BCUT2D eigenvalue weighted by molar-refractivity contribution is -0.118. The van der Waals surface area contributed by atoms with Crippen LogP contribution in [0.3, 0.4) is 0 Å². The minimum absolute atomic E-state index is 0.117. The Morgan fingerprint density at radius 2 is 1.85 bits per heavy atom. The van der Waals surface area contributed by atoms with E-state index < -0.39 is 0 Å². The molecule has 2 amide bonds. The summed E-state index contributed by atoms with van der Waals surface area (Å²) in [5.74, 6) is 0.207. The molecule has 0 aliphatic carbocycles. The molecule has 0 saturated carbocycles. The highest BCUT2D eigenvalue weighted by Crippen LogP contribution is 2.20. The van der Waals surface area contributed by atoms with Crippen molar-refractivity contribution in [1.82, 2.24) is 5.32 Å². The van der Waals surface area contributed by atoms with Crippen LogP contribution in [-0.4, -0.2) is 29.8 Å². The van der Waals surface area contributed by atoms with Gasteiger partial charge < -0.3 is 5.32 Å². The Kier molecular flexibility index (Phi) is 6.59. The molecule has 2 aromatic rings. The molecule has 0 spiro atoms. The van der Waals surface area contributed by atoms with Crippen LogP contribution in [0.1, 0.15) is 19.3 Å². The molecule has 1 N–H and O–H groups in total. The number of hydrogen-bond acceptors (Lipinski definition) is 4. The van der Waals surface area contributed by atoms with Gasteiger partial charge in [0.25, 0.3) is 5.91 Å². The molecule has 2 aromatic carbocycles. The number of carbonyl (C=O) groups excluding carboxylic acids is 2. The highest BCUT2D eigenvalue weighted by atomic mass is 32.2. The predicted molar refractivity (Wildman–Crippen MR) is 105 cm³/mol. The molecular weight excluding hydrogens is 365 g/mol. The van der Waals surface area contributed by atoms with Crippen LogP contribution >= 0.6 is 11.8 Å². The van der Waals surface area contributed by atoms with E-state index in [9.17, 15) is 14.0 Å². The summed E-state index contributed by atoms with van der Waals surface area (Å²) in [6.07, 6.45) is 1.39. The zero-order valence-electron chi connectivity index (χ0n) is 14.7. The van der Waals surface area contributed by atoms with Crippen LogP contribution in [0.15, 0.2) is 64.6 Å². The zero-order valence-corrected chi connectivity index (χ0v) is 15.5. The fourth-order valence-electron chi connectivity index (χ4n) is 2.58. The summed E-state index contributed by atoms with van der Waals surface area (Å²) < 4.78 is 12.9. The molecule has 5 nitrogen and oxygen atoms in total. The van der Waals surface area contributed by atoms with Gasteiger partial charge in [-0.3, -0.25) is 9.59 Å². The first kappa shape index (κ1) is 19.1. The van der Waals surface area contributed by atoms with Crippen molar-refractivity contribution in [2.45, 2.75) is 24.2 Å². The maximum Gasteiger partial charge on any atom is 0.267 e. The summed E-state index contributed by atoms with van der Waals surface area (Å²) in [6, 6.07) is 15.4. The van der Waals surface area contributed by atoms with E-state index in [0.717, 1.165) is 17.1 Å². The van der Waals surface area contributed by atoms with Crippen molar-refractivity contribution in [3.63, 3.8) is 0 Å². The van der Waals surface area contributed by atoms with Gasteiger partial charge in [-0.2, -0.15) is 5.10 Å². The number of amides is 2. The average molecular weight is 385 g/mol. The Morgan fingerprint density at radius 1 is 1.11 bits per heavy atom. The molecule has 140 valence electrons. The Labute approximate surface area is 161 Å². The number of halogens is 1. The molecule has 0 radical (unpaired) electrons. The smallest absolute Gasteiger partial charge is 0.267 e. The van der Waals surface area contributed by atoms with Crippen LogP contribution in [0, 0.1) is 5.82 Å². The molecule has 0 saturated heterocycles.